The minimum Gasteiger partial charge on any atom is -0.493 e. The van der Waals surface area contributed by atoms with Gasteiger partial charge in [0.2, 0.25) is 0 Å². The van der Waals surface area contributed by atoms with Crippen LogP contribution in [0.25, 0.3) is 0 Å². The molecule has 19 heavy (non-hydrogen) atoms. The van der Waals surface area contributed by atoms with Gasteiger partial charge in [-0.25, -0.2) is 4.98 Å². The highest BCUT2D eigenvalue weighted by Crippen LogP contribution is 2.30. The van der Waals surface area contributed by atoms with Gasteiger partial charge in [-0.2, -0.15) is 5.26 Å². The van der Waals surface area contributed by atoms with Crippen molar-refractivity contribution >= 4 is 0 Å². The molecule has 0 saturated carbocycles. The molecule has 1 aromatic heterocycles. The monoisotopic (exact) mass is 253 g/mol. The second-order valence-corrected chi connectivity index (χ2v) is 4.78. The number of rotatable bonds is 2. The van der Waals surface area contributed by atoms with Gasteiger partial charge in [0, 0.05) is 19.4 Å². The molecule has 2 aromatic rings. The molecule has 0 amide bonds. The van der Waals surface area contributed by atoms with Crippen molar-refractivity contribution in [2.24, 2.45) is 7.05 Å². The molecule has 2 heterocycles. The number of aryl methyl sites for hydroxylation is 2. The number of nitriles is 1. The lowest BCUT2D eigenvalue weighted by molar-refractivity contribution is 0.288. The molecule has 0 radical (unpaired) electrons. The van der Waals surface area contributed by atoms with Crippen molar-refractivity contribution in [3.63, 3.8) is 0 Å². The normalized spacial score (nSPS) is 15.2. The summed E-state index contributed by atoms with van der Waals surface area (Å²) in [6, 6.07) is 8.36. The second kappa shape index (κ2) is 4.77. The van der Waals surface area contributed by atoms with Crippen molar-refractivity contribution in [1.29, 1.82) is 5.26 Å². The average Bonchev–Trinajstić information content (AvgIpc) is 2.86. The van der Waals surface area contributed by atoms with E-state index in [1.807, 2.05) is 29.9 Å². The Morgan fingerprint density at radius 2 is 2.37 bits per heavy atom. The Bertz CT molecular complexity index is 639. The molecular weight excluding hydrogens is 238 g/mol. The Morgan fingerprint density at radius 1 is 1.47 bits per heavy atom. The van der Waals surface area contributed by atoms with Crippen LogP contribution in [-0.4, -0.2) is 16.2 Å². The zero-order chi connectivity index (χ0) is 13.2. The van der Waals surface area contributed by atoms with E-state index >= 15 is 0 Å². The predicted octanol–water partition coefficient (Wildman–Crippen LogP) is 2.40. The van der Waals surface area contributed by atoms with Gasteiger partial charge in [0.05, 0.1) is 12.7 Å². The highest BCUT2D eigenvalue weighted by Gasteiger charge is 2.20. The van der Waals surface area contributed by atoms with Gasteiger partial charge in [-0.3, -0.25) is 0 Å². The van der Waals surface area contributed by atoms with Gasteiger partial charge in [-0.15, -0.1) is 0 Å². The largest absolute Gasteiger partial charge is 0.493 e. The van der Waals surface area contributed by atoms with Crippen LogP contribution in [0, 0.1) is 11.3 Å². The van der Waals surface area contributed by atoms with Crippen LogP contribution in [0.4, 0.5) is 0 Å². The van der Waals surface area contributed by atoms with Gasteiger partial charge in [-0.05, 0) is 30.0 Å². The highest BCUT2D eigenvalue weighted by molar-refractivity contribution is 5.43. The topological polar surface area (TPSA) is 50.8 Å². The van der Waals surface area contributed by atoms with E-state index < -0.39 is 0 Å². The van der Waals surface area contributed by atoms with Crippen LogP contribution in [-0.2, 0) is 13.5 Å². The van der Waals surface area contributed by atoms with E-state index in [9.17, 15) is 5.26 Å². The van der Waals surface area contributed by atoms with Gasteiger partial charge >= 0.3 is 0 Å². The summed E-state index contributed by atoms with van der Waals surface area (Å²) in [5.74, 6) is 1.40. The minimum atomic E-state index is -0.327. The summed E-state index contributed by atoms with van der Waals surface area (Å²) in [5.41, 5.74) is 2.18. The number of nitrogens with zero attached hydrogens (tertiary/aromatic N) is 3. The zero-order valence-electron chi connectivity index (χ0n) is 10.8. The summed E-state index contributed by atoms with van der Waals surface area (Å²) in [6.07, 6.45) is 5.64. The van der Waals surface area contributed by atoms with E-state index in [4.69, 9.17) is 4.74 Å². The van der Waals surface area contributed by atoms with Crippen LogP contribution in [0.3, 0.4) is 0 Å². The van der Waals surface area contributed by atoms with Crippen LogP contribution in [0.5, 0.6) is 5.75 Å². The Labute approximate surface area is 112 Å². The van der Waals surface area contributed by atoms with Gasteiger partial charge in [0.25, 0.3) is 0 Å². The first-order valence-electron chi connectivity index (χ1n) is 6.42. The maximum Gasteiger partial charge on any atom is 0.130 e. The van der Waals surface area contributed by atoms with Gasteiger partial charge in [-0.1, -0.05) is 12.1 Å². The second-order valence-electron chi connectivity index (χ2n) is 4.78. The first-order valence-corrected chi connectivity index (χ1v) is 6.42. The molecule has 0 saturated heterocycles. The van der Waals surface area contributed by atoms with E-state index in [1.54, 1.807) is 6.20 Å². The standard InChI is InChI=1S/C15H15N3O/c1-18-7-6-17-15(18)13(10-16)11-4-5-14-12(9-11)3-2-8-19-14/h4-7,9,13H,2-3,8H2,1H3. The molecule has 4 heteroatoms. The van der Waals surface area contributed by atoms with Crippen LogP contribution in [0.15, 0.2) is 30.6 Å². The summed E-state index contributed by atoms with van der Waals surface area (Å²) in [4.78, 5) is 4.28. The zero-order valence-corrected chi connectivity index (χ0v) is 10.8. The summed E-state index contributed by atoms with van der Waals surface area (Å²) >= 11 is 0. The maximum atomic E-state index is 9.45. The molecule has 1 unspecified atom stereocenters. The van der Waals surface area contributed by atoms with E-state index in [0.717, 1.165) is 36.6 Å². The fourth-order valence-corrected chi connectivity index (χ4v) is 2.50. The van der Waals surface area contributed by atoms with E-state index in [2.05, 4.69) is 17.1 Å². The molecular formula is C15H15N3O. The van der Waals surface area contributed by atoms with Crippen molar-refractivity contribution in [3.05, 3.63) is 47.5 Å². The van der Waals surface area contributed by atoms with Crippen molar-refractivity contribution in [1.82, 2.24) is 9.55 Å². The molecule has 0 N–H and O–H groups in total. The quantitative estimate of drug-likeness (QED) is 0.825. The lowest BCUT2D eigenvalue weighted by Crippen LogP contribution is -2.10. The Hall–Kier alpha value is -2.28. The van der Waals surface area contributed by atoms with Crippen LogP contribution < -0.4 is 4.74 Å². The van der Waals surface area contributed by atoms with Gasteiger partial charge in [0.1, 0.15) is 17.5 Å². The summed E-state index contributed by atoms with van der Waals surface area (Å²) in [6.45, 7) is 0.785. The van der Waals surface area contributed by atoms with E-state index in [0.29, 0.717) is 0 Å². The fourth-order valence-electron chi connectivity index (χ4n) is 2.50. The smallest absolute Gasteiger partial charge is 0.130 e. The first kappa shape index (κ1) is 11.8. The van der Waals surface area contributed by atoms with Crippen LogP contribution in [0.2, 0.25) is 0 Å². The van der Waals surface area contributed by atoms with Crippen molar-refractivity contribution in [2.45, 2.75) is 18.8 Å². The Morgan fingerprint density at radius 3 is 3.11 bits per heavy atom. The molecule has 0 spiro atoms. The van der Waals surface area contributed by atoms with Crippen LogP contribution in [0.1, 0.15) is 29.3 Å². The average molecular weight is 253 g/mol. The molecule has 3 rings (SSSR count). The first-order chi connectivity index (χ1) is 9.29. The Balaban J connectivity index is 2.01. The van der Waals surface area contributed by atoms with Crippen LogP contribution >= 0.6 is 0 Å². The third-order valence-electron chi connectivity index (χ3n) is 3.51. The molecule has 1 aliphatic rings. The van der Waals surface area contributed by atoms with Crippen molar-refractivity contribution < 1.29 is 4.74 Å². The number of fused-ring (bicyclic) bond motifs is 1. The summed E-state index contributed by atoms with van der Waals surface area (Å²) < 4.78 is 7.50. The van der Waals surface area contributed by atoms with Crippen molar-refractivity contribution in [2.75, 3.05) is 6.61 Å². The number of hydrogen-bond donors (Lipinski definition) is 0. The molecule has 1 aromatic carbocycles. The van der Waals surface area contributed by atoms with Gasteiger partial charge < -0.3 is 9.30 Å². The third kappa shape index (κ3) is 2.08. The fraction of sp³-hybridized carbons (Fsp3) is 0.333. The number of ether oxygens (including phenoxy) is 1. The highest BCUT2D eigenvalue weighted by atomic mass is 16.5. The van der Waals surface area contributed by atoms with E-state index in [-0.39, 0.29) is 5.92 Å². The summed E-state index contributed by atoms with van der Waals surface area (Å²) in [7, 11) is 1.91. The SMILES string of the molecule is Cn1ccnc1C(C#N)c1ccc2c(c1)CCCO2. The molecule has 1 atom stereocenters. The number of benzene rings is 1. The molecule has 0 fully saturated rings. The number of imidazole rings is 1. The molecule has 1 aliphatic heterocycles. The molecule has 4 nitrogen and oxygen atoms in total. The predicted molar refractivity (Wildman–Crippen MR) is 70.9 cm³/mol. The third-order valence-corrected chi connectivity index (χ3v) is 3.51. The molecule has 0 aliphatic carbocycles. The van der Waals surface area contributed by atoms with Gasteiger partial charge in [0.15, 0.2) is 0 Å². The lowest BCUT2D eigenvalue weighted by atomic mass is 9.95. The maximum absolute atomic E-state index is 9.45. The minimum absolute atomic E-state index is 0.327. The number of hydrogen-bond acceptors (Lipinski definition) is 3. The Kier molecular flexibility index (Phi) is 2.96. The number of aromatic nitrogens is 2. The molecule has 96 valence electrons. The van der Waals surface area contributed by atoms with Crippen molar-refractivity contribution in [3.8, 4) is 11.8 Å². The summed E-state index contributed by atoms with van der Waals surface area (Å²) in [5, 5.41) is 9.45. The van der Waals surface area contributed by atoms with E-state index in [1.165, 1.54) is 5.56 Å². The lowest BCUT2D eigenvalue weighted by Gasteiger charge is -2.19. The molecule has 0 bridgehead atoms.